The van der Waals surface area contributed by atoms with E-state index in [1.54, 1.807) is 23.1 Å². The second-order valence-electron chi connectivity index (χ2n) is 5.45. The Morgan fingerprint density at radius 1 is 1.20 bits per heavy atom. The topological polar surface area (TPSA) is 118 Å². The lowest BCUT2D eigenvalue weighted by atomic mass is 10.2. The van der Waals surface area contributed by atoms with Gasteiger partial charge in [-0.1, -0.05) is 0 Å². The van der Waals surface area contributed by atoms with E-state index in [-0.39, 0.29) is 18.4 Å². The molecule has 1 atom stereocenters. The highest BCUT2D eigenvalue weighted by Gasteiger charge is 2.32. The Morgan fingerprint density at radius 2 is 1.96 bits per heavy atom. The minimum atomic E-state index is -0.796. The Hall–Kier alpha value is -3.17. The maximum atomic E-state index is 12.2. The number of nitrogens with one attached hydrogen (secondary N) is 3. The van der Waals surface area contributed by atoms with Gasteiger partial charge in [-0.2, -0.15) is 0 Å². The van der Waals surface area contributed by atoms with Gasteiger partial charge in [-0.05, 0) is 12.1 Å². The molecular weight excluding hydrogens is 332 g/mol. The van der Waals surface area contributed by atoms with Crippen molar-refractivity contribution in [1.82, 2.24) is 16.2 Å². The van der Waals surface area contributed by atoms with Crippen LogP contribution >= 0.6 is 0 Å². The summed E-state index contributed by atoms with van der Waals surface area (Å²) in [6.45, 7) is 1.27. The monoisotopic (exact) mass is 350 g/mol. The molecule has 2 aliphatic heterocycles. The molecule has 0 aromatic heterocycles. The van der Waals surface area contributed by atoms with Gasteiger partial charge in [0.15, 0.2) is 11.5 Å². The van der Waals surface area contributed by atoms with E-state index in [0.29, 0.717) is 36.9 Å². The second-order valence-corrected chi connectivity index (χ2v) is 5.45. The Bertz CT molecular complexity index is 695. The molecule has 10 heteroatoms. The number of rotatable bonds is 2. The fourth-order valence-electron chi connectivity index (χ4n) is 2.63. The Balaban J connectivity index is 1.59. The third-order valence-corrected chi connectivity index (χ3v) is 3.76. The van der Waals surface area contributed by atoms with E-state index in [1.165, 1.54) is 7.11 Å². The molecule has 1 aromatic carbocycles. The number of carbonyl (C=O) groups is 3. The minimum absolute atomic E-state index is 0.122. The molecule has 1 fully saturated rings. The zero-order chi connectivity index (χ0) is 17.8. The molecular formula is C15H18N4O6. The van der Waals surface area contributed by atoms with Gasteiger partial charge >= 0.3 is 12.1 Å². The van der Waals surface area contributed by atoms with E-state index in [0.717, 1.165) is 0 Å². The van der Waals surface area contributed by atoms with E-state index in [2.05, 4.69) is 15.5 Å². The molecule has 0 unspecified atom stereocenters. The molecule has 0 radical (unpaired) electrons. The second kappa shape index (κ2) is 7.16. The van der Waals surface area contributed by atoms with Crippen LogP contribution in [0.5, 0.6) is 11.5 Å². The number of ether oxygens (including phenoxy) is 3. The van der Waals surface area contributed by atoms with Crippen molar-refractivity contribution in [2.75, 3.05) is 31.8 Å². The van der Waals surface area contributed by atoms with Crippen LogP contribution in [-0.4, -0.2) is 50.9 Å². The molecule has 0 saturated carbocycles. The number of hydrogen-bond acceptors (Lipinski definition) is 6. The molecule has 25 heavy (non-hydrogen) atoms. The van der Waals surface area contributed by atoms with Crippen LogP contribution in [0.3, 0.4) is 0 Å². The number of nitrogens with zero attached hydrogens (tertiary/aromatic N) is 1. The average Bonchev–Trinajstić information content (AvgIpc) is 2.99. The van der Waals surface area contributed by atoms with Gasteiger partial charge < -0.3 is 24.4 Å². The van der Waals surface area contributed by atoms with Crippen molar-refractivity contribution in [1.29, 1.82) is 0 Å². The molecule has 3 rings (SSSR count). The number of methoxy groups -OCH3 is 1. The number of carbonyl (C=O) groups excluding carboxylic acids is 3. The molecule has 2 aliphatic rings. The van der Waals surface area contributed by atoms with Gasteiger partial charge in [0.25, 0.3) is 0 Å². The fourth-order valence-corrected chi connectivity index (χ4v) is 2.63. The van der Waals surface area contributed by atoms with E-state index in [9.17, 15) is 14.4 Å². The lowest BCUT2D eigenvalue weighted by Crippen LogP contribution is -2.50. The first-order valence-electron chi connectivity index (χ1n) is 7.67. The lowest BCUT2D eigenvalue weighted by Gasteiger charge is -2.22. The Labute approximate surface area is 143 Å². The summed E-state index contributed by atoms with van der Waals surface area (Å²) in [5.41, 5.74) is 4.84. The molecule has 2 heterocycles. The van der Waals surface area contributed by atoms with Crippen molar-refractivity contribution in [2.24, 2.45) is 0 Å². The first kappa shape index (κ1) is 16.7. The molecule has 10 nitrogen and oxygen atoms in total. The van der Waals surface area contributed by atoms with Gasteiger partial charge in [0, 0.05) is 24.7 Å². The summed E-state index contributed by atoms with van der Waals surface area (Å²) in [6, 6.07) is 4.25. The molecule has 0 spiro atoms. The summed E-state index contributed by atoms with van der Waals surface area (Å²) in [6.07, 6.45) is -0.643. The number of benzene rings is 1. The maximum Gasteiger partial charge on any atom is 0.425 e. The fraction of sp³-hybridized carbons (Fsp3) is 0.400. The summed E-state index contributed by atoms with van der Waals surface area (Å²) in [5.74, 6) is 1.11. The highest BCUT2D eigenvalue weighted by Crippen LogP contribution is 2.35. The third kappa shape index (κ3) is 3.84. The predicted octanol–water partition coefficient (Wildman–Crippen LogP) is 0.133. The van der Waals surface area contributed by atoms with Crippen LogP contribution in [0.2, 0.25) is 0 Å². The van der Waals surface area contributed by atoms with E-state index < -0.39 is 12.1 Å². The van der Waals surface area contributed by atoms with Crippen molar-refractivity contribution < 1.29 is 28.6 Å². The first-order chi connectivity index (χ1) is 12.1. The van der Waals surface area contributed by atoms with E-state index >= 15 is 0 Å². The standard InChI is InChI=1S/C15H18N4O6/c1-23-15(22)18-17-14(21)16-9-6-13(20)19(8-9)10-2-3-11-12(7-10)25-5-4-24-11/h2-3,7,9H,4-6,8H2,1H3,(H,18,22)(H2,16,17,21)/t9-/m1/s1. The number of hydrogen-bond donors (Lipinski definition) is 3. The summed E-state index contributed by atoms with van der Waals surface area (Å²) in [4.78, 5) is 36.4. The minimum Gasteiger partial charge on any atom is -0.486 e. The summed E-state index contributed by atoms with van der Waals surface area (Å²) in [5, 5.41) is 2.61. The predicted molar refractivity (Wildman–Crippen MR) is 85.4 cm³/mol. The lowest BCUT2D eigenvalue weighted by molar-refractivity contribution is -0.117. The highest BCUT2D eigenvalue weighted by molar-refractivity contribution is 5.97. The largest absolute Gasteiger partial charge is 0.486 e. The van der Waals surface area contributed by atoms with Crippen LogP contribution in [0.4, 0.5) is 15.3 Å². The maximum absolute atomic E-state index is 12.2. The molecule has 1 aromatic rings. The van der Waals surface area contributed by atoms with Gasteiger partial charge in [-0.3, -0.25) is 4.79 Å². The molecule has 0 aliphatic carbocycles. The number of urea groups is 1. The van der Waals surface area contributed by atoms with Crippen LogP contribution in [0.1, 0.15) is 6.42 Å². The van der Waals surface area contributed by atoms with Crippen LogP contribution in [0.25, 0.3) is 0 Å². The Morgan fingerprint density at radius 3 is 2.72 bits per heavy atom. The van der Waals surface area contributed by atoms with Crippen molar-refractivity contribution in [2.45, 2.75) is 12.5 Å². The quantitative estimate of drug-likeness (QED) is 0.653. The summed E-state index contributed by atoms with van der Waals surface area (Å²) < 4.78 is 15.3. The van der Waals surface area contributed by atoms with Gasteiger partial charge in [0.2, 0.25) is 5.91 Å². The zero-order valence-corrected chi connectivity index (χ0v) is 13.5. The third-order valence-electron chi connectivity index (χ3n) is 3.76. The highest BCUT2D eigenvalue weighted by atomic mass is 16.6. The average molecular weight is 350 g/mol. The van der Waals surface area contributed by atoms with Crippen LogP contribution < -0.4 is 30.5 Å². The number of anilines is 1. The van der Waals surface area contributed by atoms with Crippen LogP contribution in [0.15, 0.2) is 18.2 Å². The number of amides is 4. The van der Waals surface area contributed by atoms with E-state index in [1.807, 2.05) is 5.43 Å². The summed E-state index contributed by atoms with van der Waals surface area (Å²) in [7, 11) is 1.18. The molecule has 134 valence electrons. The van der Waals surface area contributed by atoms with Gasteiger partial charge in [-0.25, -0.2) is 20.4 Å². The number of fused-ring (bicyclic) bond motifs is 1. The van der Waals surface area contributed by atoms with Crippen molar-refractivity contribution >= 4 is 23.7 Å². The normalized spacial score (nSPS) is 18.5. The van der Waals surface area contributed by atoms with Gasteiger partial charge in [0.1, 0.15) is 13.2 Å². The van der Waals surface area contributed by atoms with Crippen molar-refractivity contribution in [3.05, 3.63) is 18.2 Å². The molecule has 0 bridgehead atoms. The van der Waals surface area contributed by atoms with Crippen molar-refractivity contribution in [3.8, 4) is 11.5 Å². The smallest absolute Gasteiger partial charge is 0.425 e. The van der Waals surface area contributed by atoms with Crippen LogP contribution in [0, 0.1) is 0 Å². The molecule has 4 amide bonds. The zero-order valence-electron chi connectivity index (χ0n) is 13.5. The molecule has 3 N–H and O–H groups in total. The summed E-state index contributed by atoms with van der Waals surface area (Å²) >= 11 is 0. The van der Waals surface area contributed by atoms with Gasteiger partial charge in [0.05, 0.1) is 13.2 Å². The molecule has 1 saturated heterocycles. The van der Waals surface area contributed by atoms with E-state index in [4.69, 9.17) is 9.47 Å². The SMILES string of the molecule is COC(=O)NNC(=O)N[C@@H]1CC(=O)N(c2ccc3c(c2)OCCO3)C1. The number of hydrazine groups is 1. The van der Waals surface area contributed by atoms with Gasteiger partial charge in [-0.15, -0.1) is 0 Å². The first-order valence-corrected chi connectivity index (χ1v) is 7.67. The van der Waals surface area contributed by atoms with Crippen molar-refractivity contribution in [3.63, 3.8) is 0 Å². The van der Waals surface area contributed by atoms with Crippen LogP contribution in [-0.2, 0) is 9.53 Å². The Kier molecular flexibility index (Phi) is 4.78.